The minimum absolute atomic E-state index is 0.217. The number of rotatable bonds is 3. The molecule has 5 heteroatoms. The summed E-state index contributed by atoms with van der Waals surface area (Å²) in [6, 6.07) is 3.66. The first-order valence-corrected chi connectivity index (χ1v) is 6.17. The van der Waals surface area contributed by atoms with E-state index in [0.717, 1.165) is 31.5 Å². The molecule has 2 N–H and O–H groups in total. The van der Waals surface area contributed by atoms with E-state index >= 15 is 0 Å². The summed E-state index contributed by atoms with van der Waals surface area (Å²) in [5.41, 5.74) is 6.37. The molecule has 0 spiro atoms. The summed E-state index contributed by atoms with van der Waals surface area (Å²) in [5, 5.41) is 0. The number of hydrogen-bond donors (Lipinski definition) is 1. The van der Waals surface area contributed by atoms with Crippen LogP contribution in [0.5, 0.6) is 5.88 Å². The van der Waals surface area contributed by atoms with E-state index in [1.54, 1.807) is 6.20 Å². The highest BCUT2D eigenvalue weighted by molar-refractivity contribution is 7.80. The fourth-order valence-electron chi connectivity index (χ4n) is 1.93. The van der Waals surface area contributed by atoms with Gasteiger partial charge in [0.1, 0.15) is 11.1 Å². The lowest BCUT2D eigenvalue weighted by molar-refractivity contribution is 0.110. The fraction of sp³-hybridized carbons (Fsp3) is 0.500. The molecule has 0 amide bonds. The summed E-state index contributed by atoms with van der Waals surface area (Å²) in [5.74, 6) is 0.564. The Morgan fingerprint density at radius 1 is 1.53 bits per heavy atom. The number of piperidine rings is 1. The minimum atomic E-state index is 0.217. The van der Waals surface area contributed by atoms with Crippen LogP contribution < -0.4 is 10.5 Å². The molecule has 4 nitrogen and oxygen atoms in total. The van der Waals surface area contributed by atoms with E-state index in [-0.39, 0.29) is 6.10 Å². The quantitative estimate of drug-likeness (QED) is 0.818. The van der Waals surface area contributed by atoms with Gasteiger partial charge in [-0.05, 0) is 32.0 Å². The summed E-state index contributed by atoms with van der Waals surface area (Å²) < 4.78 is 5.89. The minimum Gasteiger partial charge on any atom is -0.474 e. The molecule has 0 bridgehead atoms. The van der Waals surface area contributed by atoms with Crippen LogP contribution >= 0.6 is 12.2 Å². The van der Waals surface area contributed by atoms with Gasteiger partial charge in [0.2, 0.25) is 5.88 Å². The number of hydrogen-bond acceptors (Lipinski definition) is 4. The third-order valence-corrected chi connectivity index (χ3v) is 3.20. The number of pyridine rings is 1. The molecular formula is C12H17N3OS. The molecule has 0 unspecified atom stereocenters. The van der Waals surface area contributed by atoms with Crippen LogP contribution in [0.25, 0.3) is 0 Å². The van der Waals surface area contributed by atoms with E-state index in [1.807, 2.05) is 12.1 Å². The summed E-state index contributed by atoms with van der Waals surface area (Å²) in [6.45, 7) is 2.11. The van der Waals surface area contributed by atoms with Gasteiger partial charge in [0, 0.05) is 19.3 Å². The molecular weight excluding hydrogens is 234 g/mol. The first-order chi connectivity index (χ1) is 8.16. The van der Waals surface area contributed by atoms with Crippen LogP contribution in [-0.2, 0) is 0 Å². The van der Waals surface area contributed by atoms with Gasteiger partial charge in [0.15, 0.2) is 0 Å². The van der Waals surface area contributed by atoms with Gasteiger partial charge in [-0.15, -0.1) is 0 Å². The molecule has 1 saturated heterocycles. The van der Waals surface area contributed by atoms with Crippen LogP contribution in [0, 0.1) is 0 Å². The lowest BCUT2D eigenvalue weighted by Crippen LogP contribution is -2.36. The van der Waals surface area contributed by atoms with Crippen molar-refractivity contribution >= 4 is 17.2 Å². The van der Waals surface area contributed by atoms with E-state index in [2.05, 4.69) is 16.9 Å². The van der Waals surface area contributed by atoms with Gasteiger partial charge in [0.05, 0.1) is 5.56 Å². The van der Waals surface area contributed by atoms with Crippen molar-refractivity contribution in [2.45, 2.75) is 18.9 Å². The van der Waals surface area contributed by atoms with Crippen LogP contribution in [0.2, 0.25) is 0 Å². The van der Waals surface area contributed by atoms with Crippen LogP contribution in [0.15, 0.2) is 18.3 Å². The zero-order valence-electron chi connectivity index (χ0n) is 9.93. The molecule has 0 radical (unpaired) electrons. The van der Waals surface area contributed by atoms with Crippen LogP contribution in [0.3, 0.4) is 0 Å². The maximum Gasteiger partial charge on any atom is 0.223 e. The number of aromatic nitrogens is 1. The van der Waals surface area contributed by atoms with E-state index in [4.69, 9.17) is 22.7 Å². The molecule has 1 fully saturated rings. The van der Waals surface area contributed by atoms with E-state index in [0.29, 0.717) is 10.9 Å². The summed E-state index contributed by atoms with van der Waals surface area (Å²) >= 11 is 4.99. The van der Waals surface area contributed by atoms with Crippen molar-refractivity contribution < 1.29 is 4.74 Å². The molecule has 2 rings (SSSR count). The van der Waals surface area contributed by atoms with Crippen molar-refractivity contribution in [2.75, 3.05) is 20.1 Å². The highest BCUT2D eigenvalue weighted by atomic mass is 32.1. The van der Waals surface area contributed by atoms with Gasteiger partial charge < -0.3 is 15.4 Å². The second-order valence-corrected chi connectivity index (χ2v) is 4.78. The Morgan fingerprint density at radius 2 is 2.24 bits per heavy atom. The van der Waals surface area contributed by atoms with Crippen molar-refractivity contribution in [3.05, 3.63) is 23.9 Å². The van der Waals surface area contributed by atoms with Gasteiger partial charge in [-0.1, -0.05) is 12.2 Å². The standard InChI is InChI=1S/C12H17N3OS/c1-15-7-4-9(5-8-15)16-12-10(11(13)17)3-2-6-14-12/h2-3,6,9H,4-5,7-8H2,1H3,(H2,13,17). The Kier molecular flexibility index (Phi) is 3.91. The number of nitrogens with zero attached hydrogens (tertiary/aromatic N) is 2. The number of ether oxygens (including phenoxy) is 1. The highest BCUT2D eigenvalue weighted by Gasteiger charge is 2.20. The predicted molar refractivity (Wildman–Crippen MR) is 71.3 cm³/mol. The normalized spacial score (nSPS) is 17.9. The lowest BCUT2D eigenvalue weighted by atomic mass is 10.1. The summed E-state index contributed by atoms with van der Waals surface area (Å²) in [4.78, 5) is 6.84. The molecule has 2 heterocycles. The monoisotopic (exact) mass is 251 g/mol. The first-order valence-electron chi connectivity index (χ1n) is 5.77. The Morgan fingerprint density at radius 3 is 2.88 bits per heavy atom. The maximum absolute atomic E-state index is 5.89. The molecule has 17 heavy (non-hydrogen) atoms. The average Bonchev–Trinajstić information content (AvgIpc) is 2.32. The number of nitrogens with two attached hydrogens (primary N) is 1. The zero-order chi connectivity index (χ0) is 12.3. The number of thiocarbonyl (C=S) groups is 1. The van der Waals surface area contributed by atoms with Crippen molar-refractivity contribution in [3.8, 4) is 5.88 Å². The molecule has 1 aliphatic heterocycles. The van der Waals surface area contributed by atoms with Gasteiger partial charge in [-0.2, -0.15) is 0 Å². The molecule has 0 aromatic carbocycles. The van der Waals surface area contributed by atoms with Crippen LogP contribution in [0.4, 0.5) is 0 Å². The molecule has 92 valence electrons. The van der Waals surface area contributed by atoms with E-state index in [1.165, 1.54) is 0 Å². The molecule has 0 atom stereocenters. The largest absolute Gasteiger partial charge is 0.474 e. The Labute approximate surface area is 107 Å². The van der Waals surface area contributed by atoms with Crippen LogP contribution in [-0.4, -0.2) is 41.1 Å². The smallest absolute Gasteiger partial charge is 0.223 e. The number of likely N-dealkylation sites (tertiary alicyclic amines) is 1. The van der Waals surface area contributed by atoms with Gasteiger partial charge in [0.25, 0.3) is 0 Å². The first kappa shape index (κ1) is 12.3. The van der Waals surface area contributed by atoms with Gasteiger partial charge >= 0.3 is 0 Å². The van der Waals surface area contributed by atoms with Crippen molar-refractivity contribution in [2.24, 2.45) is 5.73 Å². The third-order valence-electron chi connectivity index (χ3n) is 2.98. The maximum atomic E-state index is 5.89. The van der Waals surface area contributed by atoms with Gasteiger partial charge in [-0.3, -0.25) is 0 Å². The Hall–Kier alpha value is -1.20. The topological polar surface area (TPSA) is 51.4 Å². The summed E-state index contributed by atoms with van der Waals surface area (Å²) in [7, 11) is 2.12. The molecule has 1 aromatic rings. The molecule has 0 aliphatic carbocycles. The average molecular weight is 251 g/mol. The third kappa shape index (κ3) is 3.14. The zero-order valence-corrected chi connectivity index (χ0v) is 10.7. The van der Waals surface area contributed by atoms with Crippen molar-refractivity contribution in [3.63, 3.8) is 0 Å². The Bertz CT molecular complexity index is 402. The Balaban J connectivity index is 2.05. The SMILES string of the molecule is CN1CCC(Oc2ncccc2C(N)=S)CC1. The van der Waals surface area contributed by atoms with Crippen molar-refractivity contribution in [1.82, 2.24) is 9.88 Å². The highest BCUT2D eigenvalue weighted by Crippen LogP contribution is 2.20. The van der Waals surface area contributed by atoms with E-state index < -0.39 is 0 Å². The second kappa shape index (κ2) is 5.42. The van der Waals surface area contributed by atoms with E-state index in [9.17, 15) is 0 Å². The second-order valence-electron chi connectivity index (χ2n) is 4.34. The predicted octanol–water partition coefficient (Wildman–Crippen LogP) is 1.19. The van der Waals surface area contributed by atoms with Crippen LogP contribution in [0.1, 0.15) is 18.4 Å². The molecule has 1 aromatic heterocycles. The molecule has 1 aliphatic rings. The lowest BCUT2D eigenvalue weighted by Gasteiger charge is -2.29. The van der Waals surface area contributed by atoms with Crippen molar-refractivity contribution in [1.29, 1.82) is 0 Å². The summed E-state index contributed by atoms with van der Waals surface area (Å²) in [6.07, 6.45) is 3.95. The van der Waals surface area contributed by atoms with Gasteiger partial charge in [-0.25, -0.2) is 4.98 Å². The fourth-order valence-corrected chi connectivity index (χ4v) is 2.09. The molecule has 0 saturated carbocycles.